The van der Waals surface area contributed by atoms with Gasteiger partial charge in [0.05, 0.1) is 34.6 Å². The lowest BCUT2D eigenvalue weighted by Gasteiger charge is -2.31. The van der Waals surface area contributed by atoms with Gasteiger partial charge in [-0.25, -0.2) is 13.1 Å². The van der Waals surface area contributed by atoms with Crippen molar-refractivity contribution in [2.75, 3.05) is 18.4 Å². The minimum absolute atomic E-state index is 0.149. The van der Waals surface area contributed by atoms with Gasteiger partial charge in [0, 0.05) is 17.6 Å². The van der Waals surface area contributed by atoms with Crippen LogP contribution in [0.2, 0.25) is 0 Å². The van der Waals surface area contributed by atoms with Gasteiger partial charge in [0.2, 0.25) is 15.9 Å². The quantitative estimate of drug-likeness (QED) is 0.593. The molecular weight excluding hydrogens is 470 g/mol. The van der Waals surface area contributed by atoms with E-state index in [0.29, 0.717) is 30.8 Å². The molecule has 1 amide bonds. The lowest BCUT2D eigenvalue weighted by molar-refractivity contribution is -0.120. The highest BCUT2D eigenvalue weighted by atomic mass is 79.9. The van der Waals surface area contributed by atoms with Gasteiger partial charge in [0.15, 0.2) is 0 Å². The molecule has 1 fully saturated rings. The highest BCUT2D eigenvalue weighted by Crippen LogP contribution is 2.26. The van der Waals surface area contributed by atoms with Gasteiger partial charge in [-0.1, -0.05) is 33.3 Å². The number of carbonyl (C=O) groups excluding carboxylic acids is 1. The molecule has 0 bridgehead atoms. The molecule has 1 aliphatic rings. The molecule has 4 rings (SSSR count). The minimum Gasteiger partial charge on any atom is -0.324 e. The molecule has 8 nitrogen and oxygen atoms in total. The number of benzene rings is 2. The van der Waals surface area contributed by atoms with E-state index in [1.54, 1.807) is 47.4 Å². The number of amides is 1. The van der Waals surface area contributed by atoms with Gasteiger partial charge in [-0.2, -0.15) is 4.31 Å². The number of para-hydroxylation sites is 2. The molecule has 1 unspecified atom stereocenters. The first-order valence-electron chi connectivity index (χ1n) is 9.47. The van der Waals surface area contributed by atoms with Crippen molar-refractivity contribution in [3.8, 4) is 5.69 Å². The second-order valence-electron chi connectivity index (χ2n) is 7.01. The Morgan fingerprint density at radius 2 is 1.90 bits per heavy atom. The molecule has 10 heteroatoms. The van der Waals surface area contributed by atoms with Crippen molar-refractivity contribution in [2.24, 2.45) is 5.92 Å². The van der Waals surface area contributed by atoms with Crippen LogP contribution in [-0.4, -0.2) is 46.7 Å². The number of rotatable bonds is 5. The van der Waals surface area contributed by atoms with Crippen molar-refractivity contribution in [1.29, 1.82) is 0 Å². The number of piperidine rings is 1. The molecule has 1 aliphatic heterocycles. The second-order valence-corrected chi connectivity index (χ2v) is 9.86. The maximum atomic E-state index is 13.0. The summed E-state index contributed by atoms with van der Waals surface area (Å²) < 4.78 is 29.8. The van der Waals surface area contributed by atoms with Gasteiger partial charge >= 0.3 is 0 Å². The third-order valence-corrected chi connectivity index (χ3v) is 7.45. The Bertz CT molecular complexity index is 1130. The van der Waals surface area contributed by atoms with Crippen LogP contribution in [0.25, 0.3) is 5.69 Å². The van der Waals surface area contributed by atoms with E-state index in [-0.39, 0.29) is 17.3 Å². The number of nitrogens with zero attached hydrogens (tertiary/aromatic N) is 4. The summed E-state index contributed by atoms with van der Waals surface area (Å²) in [5.41, 5.74) is 1.29. The molecule has 0 radical (unpaired) electrons. The number of halogens is 1. The molecule has 2 heterocycles. The molecule has 2 aromatic carbocycles. The number of hydrogen-bond acceptors (Lipinski definition) is 5. The number of anilines is 1. The summed E-state index contributed by atoms with van der Waals surface area (Å²) in [6.07, 6.45) is 4.50. The molecule has 1 atom stereocenters. The molecule has 0 spiro atoms. The van der Waals surface area contributed by atoms with E-state index in [2.05, 4.69) is 31.6 Å². The summed E-state index contributed by atoms with van der Waals surface area (Å²) >= 11 is 3.32. The van der Waals surface area contributed by atoms with E-state index in [1.807, 2.05) is 18.2 Å². The second kappa shape index (κ2) is 8.66. The summed E-state index contributed by atoms with van der Waals surface area (Å²) in [6, 6.07) is 13.8. The standard InChI is InChI=1S/C20H20BrN5O3S/c21-16-7-9-17(10-8-16)30(28,29)25-12-3-4-15(14-25)20(27)23-18-5-1-2-6-19(18)26-13-11-22-24-26/h1-2,5-11,13,15H,3-4,12,14H2,(H,23,27). The fourth-order valence-corrected chi connectivity index (χ4v) is 5.27. The van der Waals surface area contributed by atoms with Crippen LogP contribution in [-0.2, 0) is 14.8 Å². The Hall–Kier alpha value is -2.56. The average molecular weight is 490 g/mol. The summed E-state index contributed by atoms with van der Waals surface area (Å²) in [6.45, 7) is 0.549. The van der Waals surface area contributed by atoms with Gasteiger partial charge < -0.3 is 5.32 Å². The Morgan fingerprint density at radius 3 is 2.63 bits per heavy atom. The normalized spacial score (nSPS) is 17.6. The SMILES string of the molecule is O=C(Nc1ccccc1-n1ccnn1)C1CCCN(S(=O)(=O)c2ccc(Br)cc2)C1. The number of hydrogen-bond donors (Lipinski definition) is 1. The summed E-state index contributed by atoms with van der Waals surface area (Å²) in [4.78, 5) is 13.2. The van der Waals surface area contributed by atoms with Crippen molar-refractivity contribution in [3.63, 3.8) is 0 Å². The predicted octanol–water partition coefficient (Wildman–Crippen LogP) is 3.07. The predicted molar refractivity (Wildman–Crippen MR) is 116 cm³/mol. The monoisotopic (exact) mass is 489 g/mol. The number of carbonyl (C=O) groups is 1. The highest BCUT2D eigenvalue weighted by Gasteiger charge is 2.33. The van der Waals surface area contributed by atoms with E-state index in [9.17, 15) is 13.2 Å². The smallest absolute Gasteiger partial charge is 0.243 e. The Kier molecular flexibility index (Phi) is 5.98. The van der Waals surface area contributed by atoms with Gasteiger partial charge in [0.25, 0.3) is 0 Å². The first-order valence-corrected chi connectivity index (χ1v) is 11.7. The Morgan fingerprint density at radius 1 is 1.13 bits per heavy atom. The van der Waals surface area contributed by atoms with Gasteiger partial charge in [-0.3, -0.25) is 4.79 Å². The van der Waals surface area contributed by atoms with E-state index in [1.165, 1.54) is 4.31 Å². The van der Waals surface area contributed by atoms with Crippen molar-refractivity contribution in [2.45, 2.75) is 17.7 Å². The molecule has 3 aromatic rings. The van der Waals surface area contributed by atoms with Crippen LogP contribution >= 0.6 is 15.9 Å². The zero-order valence-electron chi connectivity index (χ0n) is 16.0. The number of nitrogens with one attached hydrogen (secondary N) is 1. The summed E-state index contributed by atoms with van der Waals surface area (Å²) in [7, 11) is -3.65. The van der Waals surface area contributed by atoms with Gasteiger partial charge in [0.1, 0.15) is 0 Å². The maximum Gasteiger partial charge on any atom is 0.243 e. The molecule has 0 aliphatic carbocycles. The molecule has 1 aromatic heterocycles. The Balaban J connectivity index is 1.50. The Labute approximate surface area is 183 Å². The lowest BCUT2D eigenvalue weighted by Crippen LogP contribution is -2.43. The topological polar surface area (TPSA) is 97.2 Å². The third kappa shape index (κ3) is 4.30. The van der Waals surface area contributed by atoms with Crippen LogP contribution in [0.1, 0.15) is 12.8 Å². The maximum absolute atomic E-state index is 13.0. The molecule has 1 saturated heterocycles. The minimum atomic E-state index is -3.65. The molecule has 30 heavy (non-hydrogen) atoms. The van der Waals surface area contributed by atoms with Crippen LogP contribution in [0.3, 0.4) is 0 Å². The van der Waals surface area contributed by atoms with Gasteiger partial charge in [-0.05, 0) is 49.2 Å². The molecule has 156 valence electrons. The van der Waals surface area contributed by atoms with Crippen LogP contribution in [0.15, 0.2) is 70.3 Å². The number of sulfonamides is 1. The van der Waals surface area contributed by atoms with Crippen molar-refractivity contribution < 1.29 is 13.2 Å². The van der Waals surface area contributed by atoms with Crippen molar-refractivity contribution in [1.82, 2.24) is 19.3 Å². The van der Waals surface area contributed by atoms with Crippen LogP contribution in [0.5, 0.6) is 0 Å². The number of aromatic nitrogens is 3. The fourth-order valence-electron chi connectivity index (χ4n) is 3.48. The van der Waals surface area contributed by atoms with E-state index in [0.717, 1.165) is 4.47 Å². The average Bonchev–Trinajstić information content (AvgIpc) is 3.29. The zero-order chi connectivity index (χ0) is 21.1. The fraction of sp³-hybridized carbons (Fsp3) is 0.250. The molecule has 0 saturated carbocycles. The van der Waals surface area contributed by atoms with E-state index in [4.69, 9.17) is 0 Å². The first-order chi connectivity index (χ1) is 14.4. The van der Waals surface area contributed by atoms with Crippen molar-refractivity contribution >= 4 is 37.5 Å². The highest BCUT2D eigenvalue weighted by molar-refractivity contribution is 9.10. The van der Waals surface area contributed by atoms with Gasteiger partial charge in [-0.15, -0.1) is 5.10 Å². The van der Waals surface area contributed by atoms with Crippen LogP contribution in [0, 0.1) is 5.92 Å². The van der Waals surface area contributed by atoms with Crippen LogP contribution in [0.4, 0.5) is 5.69 Å². The summed E-state index contributed by atoms with van der Waals surface area (Å²) in [5.74, 6) is -0.647. The van der Waals surface area contributed by atoms with E-state index < -0.39 is 15.9 Å². The summed E-state index contributed by atoms with van der Waals surface area (Å²) in [5, 5.41) is 10.7. The lowest BCUT2D eigenvalue weighted by atomic mass is 9.98. The molecule has 1 N–H and O–H groups in total. The zero-order valence-corrected chi connectivity index (χ0v) is 18.4. The van der Waals surface area contributed by atoms with Crippen molar-refractivity contribution in [3.05, 3.63) is 65.4 Å². The first kappa shape index (κ1) is 20.7. The third-order valence-electron chi connectivity index (χ3n) is 5.04. The largest absolute Gasteiger partial charge is 0.324 e. The van der Waals surface area contributed by atoms with Crippen LogP contribution < -0.4 is 5.32 Å². The van der Waals surface area contributed by atoms with E-state index >= 15 is 0 Å². The molecular formula is C20H20BrN5O3S.